The fourth-order valence-electron chi connectivity index (χ4n) is 0.679. The molecule has 0 heterocycles. The van der Waals surface area contributed by atoms with Gasteiger partial charge in [-0.3, -0.25) is 0 Å². The zero-order chi connectivity index (χ0) is 9.40. The minimum Gasteiger partial charge on any atom is -0.391 e. The summed E-state index contributed by atoms with van der Waals surface area (Å²) in [6.07, 6.45) is 0.526. The van der Waals surface area contributed by atoms with Crippen molar-refractivity contribution in [3.05, 3.63) is 0 Å². The van der Waals surface area contributed by atoms with Gasteiger partial charge in [0.1, 0.15) is 0 Å². The fraction of sp³-hybridized carbons (Fsp3) is 1.00. The lowest BCUT2D eigenvalue weighted by molar-refractivity contribution is -0.0404. The molecule has 12 heavy (non-hydrogen) atoms. The molecule has 0 aromatic rings. The van der Waals surface area contributed by atoms with Crippen molar-refractivity contribution in [1.82, 2.24) is 0 Å². The van der Waals surface area contributed by atoms with Crippen LogP contribution in [0, 0.1) is 0 Å². The molecule has 0 aromatic carbocycles. The smallest absolute Gasteiger partial charge is 0.0804 e. The molecular weight excluding hydrogens is 156 g/mol. The lowest BCUT2D eigenvalue weighted by atomic mass is 10.3. The Morgan fingerprint density at radius 3 is 2.33 bits per heavy atom. The molecule has 0 aliphatic carbocycles. The summed E-state index contributed by atoms with van der Waals surface area (Å²) in [4.78, 5) is 0. The van der Waals surface area contributed by atoms with Gasteiger partial charge >= 0.3 is 0 Å². The summed E-state index contributed by atoms with van der Waals surface area (Å²) < 4.78 is 10.5. The second-order valence-corrected chi connectivity index (χ2v) is 2.93. The Morgan fingerprint density at radius 1 is 1.17 bits per heavy atom. The van der Waals surface area contributed by atoms with Gasteiger partial charge in [-0.05, 0) is 20.3 Å². The normalized spacial score (nSPS) is 16.0. The third-order valence-electron chi connectivity index (χ3n) is 1.64. The second-order valence-electron chi connectivity index (χ2n) is 2.93. The maximum Gasteiger partial charge on any atom is 0.0804 e. The molecule has 0 spiro atoms. The molecule has 0 saturated heterocycles. The first kappa shape index (κ1) is 11.9. The van der Waals surface area contributed by atoms with Gasteiger partial charge in [-0.1, -0.05) is 6.92 Å². The molecule has 1 N–H and O–H groups in total. The Balaban J connectivity index is 3.08. The number of aliphatic hydroxyl groups is 1. The zero-order valence-corrected chi connectivity index (χ0v) is 8.25. The minimum absolute atomic E-state index is 0.102. The van der Waals surface area contributed by atoms with Crippen LogP contribution in [0.5, 0.6) is 0 Å². The van der Waals surface area contributed by atoms with Crippen LogP contribution in [0.2, 0.25) is 0 Å². The van der Waals surface area contributed by atoms with Gasteiger partial charge in [-0.15, -0.1) is 0 Å². The molecule has 0 aliphatic heterocycles. The van der Waals surface area contributed by atoms with Crippen molar-refractivity contribution in [3.8, 4) is 0 Å². The summed E-state index contributed by atoms with van der Waals surface area (Å²) in [6, 6.07) is 0. The van der Waals surface area contributed by atoms with E-state index in [1.165, 1.54) is 0 Å². The van der Waals surface area contributed by atoms with Crippen molar-refractivity contribution in [3.63, 3.8) is 0 Å². The minimum atomic E-state index is -0.406. The highest BCUT2D eigenvalue weighted by molar-refractivity contribution is 4.56. The standard InChI is InChI=1S/C9H20O3/c1-4-5-11-6-7-12-9(3)8(2)10/h8-10H,4-7H2,1-3H3/t8-,9?/m1/s1. The molecule has 0 aromatic heterocycles. The van der Waals surface area contributed by atoms with E-state index in [9.17, 15) is 0 Å². The van der Waals surface area contributed by atoms with Gasteiger partial charge in [0.05, 0.1) is 25.4 Å². The van der Waals surface area contributed by atoms with Crippen LogP contribution in [0.15, 0.2) is 0 Å². The van der Waals surface area contributed by atoms with E-state index in [1.54, 1.807) is 6.92 Å². The molecule has 3 nitrogen and oxygen atoms in total. The molecule has 1 unspecified atom stereocenters. The predicted octanol–water partition coefficient (Wildman–Crippen LogP) is 1.20. The van der Waals surface area contributed by atoms with Gasteiger partial charge in [-0.2, -0.15) is 0 Å². The molecule has 0 aliphatic rings. The van der Waals surface area contributed by atoms with Gasteiger partial charge < -0.3 is 14.6 Å². The summed E-state index contributed by atoms with van der Waals surface area (Å²) in [5.41, 5.74) is 0. The van der Waals surface area contributed by atoms with Crippen molar-refractivity contribution >= 4 is 0 Å². The number of hydrogen-bond acceptors (Lipinski definition) is 3. The van der Waals surface area contributed by atoms with E-state index in [-0.39, 0.29) is 6.10 Å². The Kier molecular flexibility index (Phi) is 7.45. The van der Waals surface area contributed by atoms with Crippen LogP contribution >= 0.6 is 0 Å². The first-order valence-electron chi connectivity index (χ1n) is 4.56. The molecule has 3 heteroatoms. The van der Waals surface area contributed by atoms with Crippen LogP contribution in [-0.2, 0) is 9.47 Å². The van der Waals surface area contributed by atoms with Crippen LogP contribution in [0.1, 0.15) is 27.2 Å². The van der Waals surface area contributed by atoms with Crippen LogP contribution in [-0.4, -0.2) is 37.1 Å². The monoisotopic (exact) mass is 176 g/mol. The maximum atomic E-state index is 9.06. The van der Waals surface area contributed by atoms with Crippen LogP contribution in [0.25, 0.3) is 0 Å². The number of hydrogen-bond donors (Lipinski definition) is 1. The average molecular weight is 176 g/mol. The summed E-state index contributed by atoms with van der Waals surface area (Å²) in [5, 5.41) is 9.06. The molecule has 2 atom stereocenters. The van der Waals surface area contributed by atoms with Gasteiger partial charge in [0, 0.05) is 6.61 Å². The summed E-state index contributed by atoms with van der Waals surface area (Å²) in [7, 11) is 0. The maximum absolute atomic E-state index is 9.06. The number of rotatable bonds is 7. The summed E-state index contributed by atoms with van der Waals surface area (Å²) in [5.74, 6) is 0. The van der Waals surface area contributed by atoms with Crippen molar-refractivity contribution < 1.29 is 14.6 Å². The average Bonchev–Trinajstić information content (AvgIpc) is 2.03. The predicted molar refractivity (Wildman–Crippen MR) is 48.2 cm³/mol. The van der Waals surface area contributed by atoms with E-state index in [0.29, 0.717) is 13.2 Å². The van der Waals surface area contributed by atoms with E-state index < -0.39 is 6.10 Å². The van der Waals surface area contributed by atoms with Crippen molar-refractivity contribution in [2.24, 2.45) is 0 Å². The Bertz CT molecular complexity index is 93.8. The fourth-order valence-corrected chi connectivity index (χ4v) is 0.679. The molecular formula is C9H20O3. The first-order valence-corrected chi connectivity index (χ1v) is 4.56. The highest BCUT2D eigenvalue weighted by Crippen LogP contribution is 1.96. The van der Waals surface area contributed by atoms with Crippen LogP contribution < -0.4 is 0 Å². The zero-order valence-electron chi connectivity index (χ0n) is 8.25. The highest BCUT2D eigenvalue weighted by Gasteiger charge is 2.07. The molecule has 0 rings (SSSR count). The molecule has 0 amide bonds. The number of ether oxygens (including phenoxy) is 2. The van der Waals surface area contributed by atoms with Crippen LogP contribution in [0.3, 0.4) is 0 Å². The van der Waals surface area contributed by atoms with Crippen molar-refractivity contribution in [2.45, 2.75) is 39.4 Å². The van der Waals surface area contributed by atoms with E-state index >= 15 is 0 Å². The Labute approximate surface area is 74.7 Å². The van der Waals surface area contributed by atoms with E-state index in [0.717, 1.165) is 13.0 Å². The van der Waals surface area contributed by atoms with Gasteiger partial charge in [0.15, 0.2) is 0 Å². The number of aliphatic hydroxyl groups excluding tert-OH is 1. The molecule has 0 fully saturated rings. The van der Waals surface area contributed by atoms with Gasteiger partial charge in [-0.25, -0.2) is 0 Å². The van der Waals surface area contributed by atoms with Crippen molar-refractivity contribution in [1.29, 1.82) is 0 Å². The quantitative estimate of drug-likeness (QED) is 0.592. The Hall–Kier alpha value is -0.120. The van der Waals surface area contributed by atoms with Crippen LogP contribution in [0.4, 0.5) is 0 Å². The SMILES string of the molecule is CCCOCCOC(C)[C@@H](C)O. The van der Waals surface area contributed by atoms with E-state index in [4.69, 9.17) is 14.6 Å². The highest BCUT2D eigenvalue weighted by atomic mass is 16.5. The Morgan fingerprint density at radius 2 is 1.83 bits per heavy atom. The summed E-state index contributed by atoms with van der Waals surface area (Å²) in [6.45, 7) is 7.60. The third kappa shape index (κ3) is 6.58. The molecule has 0 radical (unpaired) electrons. The third-order valence-corrected chi connectivity index (χ3v) is 1.64. The van der Waals surface area contributed by atoms with E-state index in [1.807, 2.05) is 6.92 Å². The summed E-state index contributed by atoms with van der Waals surface area (Å²) >= 11 is 0. The van der Waals surface area contributed by atoms with Gasteiger partial charge in [0.25, 0.3) is 0 Å². The molecule has 0 bridgehead atoms. The second kappa shape index (κ2) is 7.53. The lowest BCUT2D eigenvalue weighted by Gasteiger charge is -2.15. The largest absolute Gasteiger partial charge is 0.391 e. The molecule has 74 valence electrons. The van der Waals surface area contributed by atoms with Crippen molar-refractivity contribution in [2.75, 3.05) is 19.8 Å². The first-order chi connectivity index (χ1) is 5.68. The van der Waals surface area contributed by atoms with E-state index in [2.05, 4.69) is 6.92 Å². The lowest BCUT2D eigenvalue weighted by Crippen LogP contribution is -2.24. The topological polar surface area (TPSA) is 38.7 Å². The van der Waals surface area contributed by atoms with Gasteiger partial charge in [0.2, 0.25) is 0 Å². The molecule has 0 saturated carbocycles.